The lowest BCUT2D eigenvalue weighted by atomic mass is 9.93. The number of nitrogens with zero attached hydrogens (tertiary/aromatic N) is 3. The van der Waals surface area contributed by atoms with Crippen molar-refractivity contribution in [3.05, 3.63) is 18.0 Å². The summed E-state index contributed by atoms with van der Waals surface area (Å²) in [4.78, 5) is 14.4. The van der Waals surface area contributed by atoms with E-state index >= 15 is 0 Å². The van der Waals surface area contributed by atoms with Crippen molar-refractivity contribution in [1.82, 2.24) is 20.0 Å². The zero-order chi connectivity index (χ0) is 18.0. The standard InChI is InChI=1S/C16H26N4O4S/c1-3-25(22,23)7-6-20-9-13-12(11-24-15(13)10-20)8-17-16(21)14-4-5-18-19(14)2/h4-5,12-13,15H,3,6-11H2,1-2H3,(H,17,21)/t12-,13+,15+/m0/s1. The highest BCUT2D eigenvalue weighted by atomic mass is 32.2. The second-order valence-electron chi connectivity index (χ2n) is 6.84. The third-order valence-electron chi connectivity index (χ3n) is 5.25. The van der Waals surface area contributed by atoms with Crippen LogP contribution in [-0.2, 0) is 21.6 Å². The van der Waals surface area contributed by atoms with Crippen LogP contribution in [0.2, 0.25) is 0 Å². The van der Waals surface area contributed by atoms with Crippen LogP contribution in [0.4, 0.5) is 0 Å². The molecule has 2 aliphatic rings. The maximum atomic E-state index is 12.2. The second kappa shape index (κ2) is 7.43. The number of aryl methyl sites for hydroxylation is 1. The van der Waals surface area contributed by atoms with E-state index in [1.165, 1.54) is 0 Å². The molecule has 0 aliphatic carbocycles. The van der Waals surface area contributed by atoms with Gasteiger partial charge in [-0.05, 0) is 6.07 Å². The molecule has 0 radical (unpaired) electrons. The number of carbonyl (C=O) groups excluding carboxylic acids is 1. The lowest BCUT2D eigenvalue weighted by molar-refractivity contribution is 0.0907. The quantitative estimate of drug-likeness (QED) is 0.698. The number of rotatable bonds is 7. The van der Waals surface area contributed by atoms with Gasteiger partial charge in [-0.25, -0.2) is 8.42 Å². The Hall–Kier alpha value is -1.45. The Kier molecular flexibility index (Phi) is 5.45. The number of carbonyl (C=O) groups is 1. The molecule has 3 heterocycles. The van der Waals surface area contributed by atoms with Gasteiger partial charge in [-0.2, -0.15) is 5.10 Å². The first-order valence-electron chi connectivity index (χ1n) is 8.70. The fourth-order valence-electron chi connectivity index (χ4n) is 3.60. The molecule has 0 bridgehead atoms. The Morgan fingerprint density at radius 2 is 2.24 bits per heavy atom. The van der Waals surface area contributed by atoms with Crippen molar-refractivity contribution in [3.63, 3.8) is 0 Å². The van der Waals surface area contributed by atoms with Crippen LogP contribution in [0.5, 0.6) is 0 Å². The number of hydrogen-bond donors (Lipinski definition) is 1. The second-order valence-corrected chi connectivity index (χ2v) is 9.31. The van der Waals surface area contributed by atoms with Crippen LogP contribution < -0.4 is 5.32 Å². The highest BCUT2D eigenvalue weighted by Gasteiger charge is 2.43. The van der Waals surface area contributed by atoms with E-state index in [1.807, 2.05) is 0 Å². The first-order valence-corrected chi connectivity index (χ1v) is 10.5. The zero-order valence-electron chi connectivity index (χ0n) is 14.7. The van der Waals surface area contributed by atoms with E-state index < -0.39 is 9.84 Å². The van der Waals surface area contributed by atoms with Crippen LogP contribution in [0.15, 0.2) is 12.3 Å². The largest absolute Gasteiger partial charge is 0.376 e. The van der Waals surface area contributed by atoms with Gasteiger partial charge < -0.3 is 10.1 Å². The summed E-state index contributed by atoms with van der Waals surface area (Å²) >= 11 is 0. The number of ether oxygens (including phenoxy) is 1. The van der Waals surface area contributed by atoms with E-state index in [-0.39, 0.29) is 29.4 Å². The first-order chi connectivity index (χ1) is 11.9. The minimum atomic E-state index is -2.94. The summed E-state index contributed by atoms with van der Waals surface area (Å²) in [5, 5.41) is 6.97. The van der Waals surface area contributed by atoms with E-state index in [1.54, 1.807) is 30.9 Å². The van der Waals surface area contributed by atoms with Gasteiger partial charge in [0, 0.05) is 57.0 Å². The number of hydrogen-bond acceptors (Lipinski definition) is 6. The third-order valence-corrected chi connectivity index (χ3v) is 6.94. The summed E-state index contributed by atoms with van der Waals surface area (Å²) in [6.45, 7) is 5.04. The molecule has 0 aromatic carbocycles. The molecule has 8 nitrogen and oxygen atoms in total. The zero-order valence-corrected chi connectivity index (χ0v) is 15.5. The Labute approximate surface area is 148 Å². The van der Waals surface area contributed by atoms with Crippen molar-refractivity contribution in [3.8, 4) is 0 Å². The van der Waals surface area contributed by atoms with E-state index in [9.17, 15) is 13.2 Å². The van der Waals surface area contributed by atoms with Gasteiger partial charge >= 0.3 is 0 Å². The molecule has 1 aromatic rings. The Balaban J connectivity index is 1.49. The maximum absolute atomic E-state index is 12.2. The topological polar surface area (TPSA) is 93.5 Å². The average Bonchev–Trinajstić information content (AvgIpc) is 3.26. The molecule has 0 spiro atoms. The van der Waals surface area contributed by atoms with Crippen molar-refractivity contribution < 1.29 is 17.9 Å². The van der Waals surface area contributed by atoms with E-state index in [4.69, 9.17) is 4.74 Å². The van der Waals surface area contributed by atoms with Crippen molar-refractivity contribution >= 4 is 15.7 Å². The summed E-state index contributed by atoms with van der Waals surface area (Å²) in [5.74, 6) is 0.857. The molecule has 3 atom stereocenters. The van der Waals surface area contributed by atoms with E-state index in [2.05, 4.69) is 15.3 Å². The molecule has 0 unspecified atom stereocenters. The molecule has 1 amide bonds. The summed E-state index contributed by atoms with van der Waals surface area (Å²) in [6.07, 6.45) is 1.74. The molecule has 2 aliphatic heterocycles. The number of amides is 1. The van der Waals surface area contributed by atoms with Gasteiger partial charge in [0.15, 0.2) is 9.84 Å². The summed E-state index contributed by atoms with van der Waals surface area (Å²) in [6, 6.07) is 1.69. The predicted octanol–water partition coefficient (Wildman–Crippen LogP) is -0.469. The Morgan fingerprint density at radius 1 is 1.44 bits per heavy atom. The molecular weight excluding hydrogens is 344 g/mol. The Bertz CT molecular complexity index is 717. The fraction of sp³-hybridized carbons (Fsp3) is 0.750. The number of sulfone groups is 1. The minimum Gasteiger partial charge on any atom is -0.376 e. The van der Waals surface area contributed by atoms with Gasteiger partial charge in [0.25, 0.3) is 5.91 Å². The van der Waals surface area contributed by atoms with Crippen LogP contribution in [-0.4, -0.2) is 79.4 Å². The van der Waals surface area contributed by atoms with E-state index in [0.717, 1.165) is 13.1 Å². The summed E-state index contributed by atoms with van der Waals surface area (Å²) in [7, 11) is -1.20. The van der Waals surface area contributed by atoms with Crippen LogP contribution in [0, 0.1) is 11.8 Å². The lowest BCUT2D eigenvalue weighted by Gasteiger charge is -2.19. The molecule has 2 saturated heterocycles. The minimum absolute atomic E-state index is 0.132. The van der Waals surface area contributed by atoms with E-state index in [0.29, 0.717) is 31.3 Å². The monoisotopic (exact) mass is 370 g/mol. The third kappa shape index (κ3) is 4.21. The van der Waals surface area contributed by atoms with Crippen LogP contribution >= 0.6 is 0 Å². The van der Waals surface area contributed by atoms with Crippen LogP contribution in [0.3, 0.4) is 0 Å². The van der Waals surface area contributed by atoms with Crippen molar-refractivity contribution in [2.24, 2.45) is 18.9 Å². The number of nitrogens with one attached hydrogen (secondary N) is 1. The van der Waals surface area contributed by atoms with Gasteiger partial charge in [-0.1, -0.05) is 6.92 Å². The molecule has 0 saturated carbocycles. The molecule has 140 valence electrons. The van der Waals surface area contributed by atoms with Gasteiger partial charge in [0.2, 0.25) is 0 Å². The lowest BCUT2D eigenvalue weighted by Crippen LogP contribution is -2.35. The highest BCUT2D eigenvalue weighted by Crippen LogP contribution is 2.33. The normalized spacial score (nSPS) is 26.7. The molecule has 1 aromatic heterocycles. The predicted molar refractivity (Wildman–Crippen MR) is 93.0 cm³/mol. The van der Waals surface area contributed by atoms with Crippen LogP contribution in [0.25, 0.3) is 0 Å². The first kappa shape index (κ1) is 18.3. The molecular formula is C16H26N4O4S. The van der Waals surface area contributed by atoms with Gasteiger partial charge in [0.1, 0.15) is 5.69 Å². The maximum Gasteiger partial charge on any atom is 0.269 e. The number of fused-ring (bicyclic) bond motifs is 1. The molecule has 3 rings (SSSR count). The summed E-state index contributed by atoms with van der Waals surface area (Å²) in [5.41, 5.74) is 0.535. The van der Waals surface area contributed by atoms with Crippen molar-refractivity contribution in [2.45, 2.75) is 13.0 Å². The fourth-order valence-corrected chi connectivity index (χ4v) is 4.42. The van der Waals surface area contributed by atoms with Crippen LogP contribution in [0.1, 0.15) is 17.4 Å². The van der Waals surface area contributed by atoms with Gasteiger partial charge in [0.05, 0.1) is 18.5 Å². The van der Waals surface area contributed by atoms with Crippen molar-refractivity contribution in [1.29, 1.82) is 0 Å². The van der Waals surface area contributed by atoms with Gasteiger partial charge in [-0.3, -0.25) is 14.4 Å². The van der Waals surface area contributed by atoms with Crippen molar-refractivity contribution in [2.75, 3.05) is 44.3 Å². The SMILES string of the molecule is CCS(=O)(=O)CCN1C[C@@H]2[C@@H](CNC(=O)c3ccnn3C)CO[C@@H]2C1. The van der Waals surface area contributed by atoms with Gasteiger partial charge in [-0.15, -0.1) is 0 Å². The smallest absolute Gasteiger partial charge is 0.269 e. The molecule has 25 heavy (non-hydrogen) atoms. The summed E-state index contributed by atoms with van der Waals surface area (Å²) < 4.78 is 30.8. The number of likely N-dealkylation sites (tertiary alicyclic amines) is 1. The molecule has 1 N–H and O–H groups in total. The average molecular weight is 370 g/mol. The molecule has 9 heteroatoms. The highest BCUT2D eigenvalue weighted by molar-refractivity contribution is 7.91. The molecule has 2 fully saturated rings. The Morgan fingerprint density at radius 3 is 2.92 bits per heavy atom. The number of aromatic nitrogens is 2.